The Kier molecular flexibility index (Phi) is 4.23. The van der Waals surface area contributed by atoms with E-state index in [1.54, 1.807) is 14.2 Å². The molecule has 1 aromatic carbocycles. The molecular weight excluding hydrogens is 218 g/mol. The maximum Gasteiger partial charge on any atom is 0.122 e. The van der Waals surface area contributed by atoms with Crippen molar-refractivity contribution in [3.05, 3.63) is 23.8 Å². The molecule has 1 saturated heterocycles. The lowest BCUT2D eigenvalue weighted by Gasteiger charge is -2.12. The Balaban J connectivity index is 1.98. The lowest BCUT2D eigenvalue weighted by molar-refractivity contribution is 0.190. The zero-order valence-corrected chi connectivity index (χ0v) is 10.4. The SMILES string of the molecule is COc1cc(CNC2CCOC2)cc(OC)c1. The van der Waals surface area contributed by atoms with Gasteiger partial charge in [0.15, 0.2) is 0 Å². The van der Waals surface area contributed by atoms with Gasteiger partial charge in [-0.3, -0.25) is 0 Å². The minimum Gasteiger partial charge on any atom is -0.497 e. The number of rotatable bonds is 5. The van der Waals surface area contributed by atoms with E-state index in [0.717, 1.165) is 43.2 Å². The smallest absolute Gasteiger partial charge is 0.122 e. The molecule has 0 radical (unpaired) electrons. The molecule has 0 saturated carbocycles. The van der Waals surface area contributed by atoms with Gasteiger partial charge in [-0.15, -0.1) is 0 Å². The molecule has 0 bridgehead atoms. The number of nitrogens with one attached hydrogen (secondary N) is 1. The average molecular weight is 237 g/mol. The van der Waals surface area contributed by atoms with Crippen molar-refractivity contribution < 1.29 is 14.2 Å². The van der Waals surface area contributed by atoms with Crippen LogP contribution in [-0.2, 0) is 11.3 Å². The van der Waals surface area contributed by atoms with Crippen molar-refractivity contribution in [2.75, 3.05) is 27.4 Å². The van der Waals surface area contributed by atoms with Crippen molar-refractivity contribution in [3.8, 4) is 11.5 Å². The summed E-state index contributed by atoms with van der Waals surface area (Å²) in [6.45, 7) is 2.47. The summed E-state index contributed by atoms with van der Waals surface area (Å²) in [5, 5.41) is 3.46. The van der Waals surface area contributed by atoms with Gasteiger partial charge in [-0.25, -0.2) is 0 Å². The second kappa shape index (κ2) is 5.89. The predicted molar refractivity (Wildman–Crippen MR) is 65.6 cm³/mol. The maximum atomic E-state index is 5.32. The molecule has 94 valence electrons. The van der Waals surface area contributed by atoms with Crippen LogP contribution in [0.1, 0.15) is 12.0 Å². The first-order valence-electron chi connectivity index (χ1n) is 5.85. The lowest BCUT2D eigenvalue weighted by Crippen LogP contribution is -2.28. The molecule has 2 rings (SSSR count). The Labute approximate surface area is 102 Å². The Morgan fingerprint density at radius 3 is 2.47 bits per heavy atom. The zero-order chi connectivity index (χ0) is 12.1. The van der Waals surface area contributed by atoms with Crippen LogP contribution in [0.5, 0.6) is 11.5 Å². The monoisotopic (exact) mass is 237 g/mol. The average Bonchev–Trinajstić information content (AvgIpc) is 2.89. The molecule has 17 heavy (non-hydrogen) atoms. The fourth-order valence-corrected chi connectivity index (χ4v) is 1.93. The second-order valence-electron chi connectivity index (χ2n) is 4.16. The molecule has 0 aliphatic carbocycles. The molecule has 0 aromatic heterocycles. The molecule has 1 aliphatic rings. The third-order valence-corrected chi connectivity index (χ3v) is 2.94. The van der Waals surface area contributed by atoms with Crippen LogP contribution in [0.15, 0.2) is 18.2 Å². The van der Waals surface area contributed by atoms with Crippen LogP contribution in [0.4, 0.5) is 0 Å². The van der Waals surface area contributed by atoms with Gasteiger partial charge in [0.1, 0.15) is 11.5 Å². The number of hydrogen-bond donors (Lipinski definition) is 1. The minimum absolute atomic E-state index is 0.465. The summed E-state index contributed by atoms with van der Waals surface area (Å²) in [7, 11) is 3.33. The van der Waals surface area contributed by atoms with Crippen LogP contribution in [-0.4, -0.2) is 33.5 Å². The second-order valence-corrected chi connectivity index (χ2v) is 4.16. The van der Waals surface area contributed by atoms with E-state index in [1.165, 1.54) is 0 Å². The van der Waals surface area contributed by atoms with Crippen molar-refractivity contribution in [3.63, 3.8) is 0 Å². The molecule has 1 unspecified atom stereocenters. The highest BCUT2D eigenvalue weighted by Gasteiger charge is 2.14. The number of methoxy groups -OCH3 is 2. The third-order valence-electron chi connectivity index (χ3n) is 2.94. The minimum atomic E-state index is 0.465. The standard InChI is InChI=1S/C13H19NO3/c1-15-12-5-10(6-13(7-12)16-2)8-14-11-3-4-17-9-11/h5-7,11,14H,3-4,8-9H2,1-2H3. The lowest BCUT2D eigenvalue weighted by atomic mass is 10.1. The van der Waals surface area contributed by atoms with E-state index >= 15 is 0 Å². The Hall–Kier alpha value is -1.26. The zero-order valence-electron chi connectivity index (χ0n) is 10.4. The van der Waals surface area contributed by atoms with E-state index in [9.17, 15) is 0 Å². The molecule has 1 atom stereocenters. The molecule has 1 aliphatic heterocycles. The molecule has 1 heterocycles. The molecule has 4 heteroatoms. The van der Waals surface area contributed by atoms with Crippen LogP contribution in [0.25, 0.3) is 0 Å². The summed E-state index contributed by atoms with van der Waals surface area (Å²) in [6.07, 6.45) is 1.08. The van der Waals surface area contributed by atoms with E-state index in [0.29, 0.717) is 6.04 Å². The molecule has 1 fully saturated rings. The van der Waals surface area contributed by atoms with Crippen molar-refractivity contribution in [1.29, 1.82) is 0 Å². The van der Waals surface area contributed by atoms with E-state index < -0.39 is 0 Å². The Bertz CT molecular complexity index is 339. The highest BCUT2D eigenvalue weighted by Crippen LogP contribution is 2.22. The van der Waals surface area contributed by atoms with Crippen molar-refractivity contribution in [2.24, 2.45) is 0 Å². The largest absolute Gasteiger partial charge is 0.497 e. The van der Waals surface area contributed by atoms with Gasteiger partial charge in [-0.05, 0) is 24.1 Å². The normalized spacial score (nSPS) is 19.3. The van der Waals surface area contributed by atoms with E-state index in [4.69, 9.17) is 14.2 Å². The fraction of sp³-hybridized carbons (Fsp3) is 0.538. The third kappa shape index (κ3) is 3.35. The van der Waals surface area contributed by atoms with Gasteiger partial charge >= 0.3 is 0 Å². The number of benzene rings is 1. The number of ether oxygens (including phenoxy) is 3. The van der Waals surface area contributed by atoms with E-state index in [2.05, 4.69) is 5.32 Å². The fourth-order valence-electron chi connectivity index (χ4n) is 1.93. The molecule has 4 nitrogen and oxygen atoms in total. The predicted octanol–water partition coefficient (Wildman–Crippen LogP) is 1.58. The topological polar surface area (TPSA) is 39.7 Å². The quantitative estimate of drug-likeness (QED) is 0.844. The summed E-state index contributed by atoms with van der Waals surface area (Å²) in [5.74, 6) is 1.65. The van der Waals surface area contributed by atoms with Crippen LogP contribution in [0, 0.1) is 0 Å². The van der Waals surface area contributed by atoms with Gasteiger partial charge in [0.05, 0.1) is 20.8 Å². The Morgan fingerprint density at radius 1 is 1.24 bits per heavy atom. The first kappa shape index (κ1) is 12.2. The summed E-state index contributed by atoms with van der Waals surface area (Å²) in [4.78, 5) is 0. The summed E-state index contributed by atoms with van der Waals surface area (Å²) in [6, 6.07) is 6.38. The van der Waals surface area contributed by atoms with E-state index in [-0.39, 0.29) is 0 Å². The van der Waals surface area contributed by atoms with Crippen molar-refractivity contribution in [1.82, 2.24) is 5.32 Å². The van der Waals surface area contributed by atoms with Crippen LogP contribution in [0.3, 0.4) is 0 Å². The van der Waals surface area contributed by atoms with Crippen LogP contribution in [0.2, 0.25) is 0 Å². The Morgan fingerprint density at radius 2 is 1.94 bits per heavy atom. The van der Waals surface area contributed by atoms with Gasteiger partial charge in [-0.1, -0.05) is 0 Å². The molecule has 0 spiro atoms. The maximum absolute atomic E-state index is 5.32. The number of hydrogen-bond acceptors (Lipinski definition) is 4. The highest BCUT2D eigenvalue weighted by atomic mass is 16.5. The summed E-state index contributed by atoms with van der Waals surface area (Å²) >= 11 is 0. The summed E-state index contributed by atoms with van der Waals surface area (Å²) < 4.78 is 15.8. The van der Waals surface area contributed by atoms with Gasteiger partial charge in [-0.2, -0.15) is 0 Å². The first-order valence-corrected chi connectivity index (χ1v) is 5.85. The molecular formula is C13H19NO3. The van der Waals surface area contributed by atoms with Crippen LogP contribution >= 0.6 is 0 Å². The van der Waals surface area contributed by atoms with Crippen LogP contribution < -0.4 is 14.8 Å². The van der Waals surface area contributed by atoms with Gasteiger partial charge < -0.3 is 19.5 Å². The van der Waals surface area contributed by atoms with Gasteiger partial charge in [0.25, 0.3) is 0 Å². The molecule has 1 aromatic rings. The molecule has 1 N–H and O–H groups in total. The van der Waals surface area contributed by atoms with Gasteiger partial charge in [0.2, 0.25) is 0 Å². The summed E-state index contributed by atoms with van der Waals surface area (Å²) in [5.41, 5.74) is 1.16. The molecule has 0 amide bonds. The highest BCUT2D eigenvalue weighted by molar-refractivity contribution is 5.38. The van der Waals surface area contributed by atoms with Crippen molar-refractivity contribution >= 4 is 0 Å². The van der Waals surface area contributed by atoms with Gasteiger partial charge in [0, 0.05) is 25.3 Å². The first-order chi connectivity index (χ1) is 8.31. The van der Waals surface area contributed by atoms with Crippen molar-refractivity contribution in [2.45, 2.75) is 19.0 Å². The van der Waals surface area contributed by atoms with E-state index in [1.807, 2.05) is 18.2 Å².